The zero-order valence-corrected chi connectivity index (χ0v) is 9.36. The highest BCUT2D eigenvalue weighted by atomic mass is 16.1. The Balaban J connectivity index is 2.32. The van der Waals surface area contributed by atoms with E-state index in [0.717, 1.165) is 24.8 Å². The molecule has 0 saturated carbocycles. The Morgan fingerprint density at radius 2 is 2.33 bits per heavy atom. The zero-order chi connectivity index (χ0) is 10.8. The van der Waals surface area contributed by atoms with Crippen LogP contribution in [0.5, 0.6) is 0 Å². The van der Waals surface area contributed by atoms with Crippen molar-refractivity contribution in [3.8, 4) is 0 Å². The van der Waals surface area contributed by atoms with Gasteiger partial charge < -0.3 is 9.69 Å². The summed E-state index contributed by atoms with van der Waals surface area (Å²) in [6.07, 6.45) is 2.61. The Morgan fingerprint density at radius 3 is 3.00 bits per heavy atom. The van der Waals surface area contributed by atoms with Gasteiger partial charge in [0.2, 0.25) is 0 Å². The monoisotopic (exact) mass is 203 g/mol. The largest absolute Gasteiger partial charge is 0.369 e. The molecular weight excluding hydrogens is 186 g/mol. The van der Waals surface area contributed by atoms with Crippen LogP contribution in [0.1, 0.15) is 25.0 Å². The molecule has 1 aromatic rings. The number of anilines is 1. The van der Waals surface area contributed by atoms with Gasteiger partial charge in [0.25, 0.3) is 0 Å². The third-order valence-corrected chi connectivity index (χ3v) is 3.16. The van der Waals surface area contributed by atoms with Gasteiger partial charge in [0.05, 0.1) is 0 Å². The third kappa shape index (κ3) is 1.76. The summed E-state index contributed by atoms with van der Waals surface area (Å²) in [4.78, 5) is 12.9. The molecule has 0 radical (unpaired) electrons. The minimum atomic E-state index is 0.536. The normalized spacial score (nSPS) is 19.1. The quantitative estimate of drug-likeness (QED) is 0.702. The van der Waals surface area contributed by atoms with Crippen LogP contribution in [0.15, 0.2) is 18.2 Å². The summed E-state index contributed by atoms with van der Waals surface area (Å²) in [5.74, 6) is 0. The van der Waals surface area contributed by atoms with Crippen LogP contribution in [-0.2, 0) is 17.6 Å². The van der Waals surface area contributed by atoms with Crippen LogP contribution in [-0.4, -0.2) is 18.9 Å². The molecule has 80 valence electrons. The number of benzene rings is 1. The van der Waals surface area contributed by atoms with Gasteiger partial charge in [-0.25, -0.2) is 0 Å². The molecule has 1 atom stereocenters. The molecule has 1 aliphatic rings. The second-order valence-corrected chi connectivity index (χ2v) is 4.17. The Hall–Kier alpha value is -1.31. The average Bonchev–Trinajstić information content (AvgIpc) is 2.53. The molecule has 0 saturated heterocycles. The number of nitrogens with zero attached hydrogens (tertiary/aromatic N) is 1. The molecule has 1 unspecified atom stereocenters. The molecule has 1 aromatic carbocycles. The maximum atomic E-state index is 10.4. The van der Waals surface area contributed by atoms with Gasteiger partial charge in [0, 0.05) is 24.7 Å². The lowest BCUT2D eigenvalue weighted by molar-refractivity contribution is -0.107. The fraction of sp³-hybridized carbons (Fsp3) is 0.462. The van der Waals surface area contributed by atoms with E-state index in [1.54, 1.807) is 0 Å². The number of carbonyl (C=O) groups is 1. The van der Waals surface area contributed by atoms with Crippen LogP contribution < -0.4 is 4.90 Å². The molecule has 0 spiro atoms. The van der Waals surface area contributed by atoms with Crippen molar-refractivity contribution in [2.24, 2.45) is 0 Å². The van der Waals surface area contributed by atoms with Crippen molar-refractivity contribution in [3.05, 3.63) is 29.3 Å². The van der Waals surface area contributed by atoms with Crippen molar-refractivity contribution >= 4 is 12.0 Å². The van der Waals surface area contributed by atoms with E-state index in [2.05, 4.69) is 36.9 Å². The van der Waals surface area contributed by atoms with Crippen molar-refractivity contribution in [3.63, 3.8) is 0 Å². The van der Waals surface area contributed by atoms with Crippen molar-refractivity contribution in [2.45, 2.75) is 32.7 Å². The van der Waals surface area contributed by atoms with Crippen molar-refractivity contribution in [1.29, 1.82) is 0 Å². The van der Waals surface area contributed by atoms with Crippen LogP contribution in [0.2, 0.25) is 0 Å². The fourth-order valence-corrected chi connectivity index (χ4v) is 2.45. The molecule has 2 nitrogen and oxygen atoms in total. The molecule has 0 aliphatic carbocycles. The van der Waals surface area contributed by atoms with E-state index in [1.165, 1.54) is 11.3 Å². The number of fused-ring (bicyclic) bond motifs is 1. The van der Waals surface area contributed by atoms with Crippen LogP contribution in [0.25, 0.3) is 0 Å². The van der Waals surface area contributed by atoms with Gasteiger partial charge in [-0.15, -0.1) is 0 Å². The summed E-state index contributed by atoms with van der Waals surface area (Å²) < 4.78 is 0. The van der Waals surface area contributed by atoms with E-state index in [-0.39, 0.29) is 0 Å². The van der Waals surface area contributed by atoms with Gasteiger partial charge in [-0.2, -0.15) is 0 Å². The maximum Gasteiger partial charge on any atom is 0.124 e. The molecular formula is C13H17NO. The Bertz CT molecular complexity index is 373. The molecule has 1 heterocycles. The minimum absolute atomic E-state index is 0.536. The second-order valence-electron chi connectivity index (χ2n) is 4.17. The first-order valence-electron chi connectivity index (χ1n) is 5.58. The predicted molar refractivity (Wildman–Crippen MR) is 62.4 cm³/mol. The number of aldehydes is 1. The Kier molecular flexibility index (Phi) is 2.76. The first kappa shape index (κ1) is 10.2. The van der Waals surface area contributed by atoms with Gasteiger partial charge in [-0.05, 0) is 37.5 Å². The van der Waals surface area contributed by atoms with Crippen molar-refractivity contribution in [1.82, 2.24) is 0 Å². The number of carbonyl (C=O) groups excluding carboxylic acids is 1. The van der Waals surface area contributed by atoms with E-state index < -0.39 is 0 Å². The molecule has 2 rings (SSSR count). The topological polar surface area (TPSA) is 20.3 Å². The molecule has 0 bridgehead atoms. The highest BCUT2D eigenvalue weighted by Gasteiger charge is 2.24. The van der Waals surface area contributed by atoms with Gasteiger partial charge in [-0.3, -0.25) is 0 Å². The first-order valence-corrected chi connectivity index (χ1v) is 5.58. The number of hydrogen-bond donors (Lipinski definition) is 0. The lowest BCUT2D eigenvalue weighted by Crippen LogP contribution is -2.28. The SMILES string of the molecule is CCN1c2ccc(CC=O)cc2CC1C. The van der Waals surface area contributed by atoms with Crippen LogP contribution in [0.3, 0.4) is 0 Å². The van der Waals surface area contributed by atoms with E-state index in [0.29, 0.717) is 12.5 Å². The highest BCUT2D eigenvalue weighted by molar-refractivity contribution is 5.63. The number of rotatable bonds is 3. The lowest BCUT2D eigenvalue weighted by Gasteiger charge is -2.22. The standard InChI is InChI=1S/C13H17NO/c1-3-14-10(2)8-12-9-11(6-7-15)4-5-13(12)14/h4-5,7,9-10H,3,6,8H2,1-2H3. The molecule has 0 aromatic heterocycles. The lowest BCUT2D eigenvalue weighted by atomic mass is 10.1. The number of hydrogen-bond acceptors (Lipinski definition) is 2. The van der Waals surface area contributed by atoms with E-state index in [9.17, 15) is 4.79 Å². The summed E-state index contributed by atoms with van der Waals surface area (Å²) in [6.45, 7) is 5.50. The summed E-state index contributed by atoms with van der Waals surface area (Å²) in [7, 11) is 0. The first-order chi connectivity index (χ1) is 7.26. The van der Waals surface area contributed by atoms with Crippen LogP contribution >= 0.6 is 0 Å². The summed E-state index contributed by atoms with van der Waals surface area (Å²) in [5.41, 5.74) is 3.87. The van der Waals surface area contributed by atoms with E-state index in [1.807, 2.05) is 0 Å². The molecule has 2 heteroatoms. The highest BCUT2D eigenvalue weighted by Crippen LogP contribution is 2.32. The second kappa shape index (κ2) is 4.05. The zero-order valence-electron chi connectivity index (χ0n) is 9.36. The maximum absolute atomic E-state index is 10.4. The minimum Gasteiger partial charge on any atom is -0.369 e. The predicted octanol–water partition coefficient (Wildman–Crippen LogP) is 2.20. The van der Waals surface area contributed by atoms with Gasteiger partial charge in [-0.1, -0.05) is 12.1 Å². The third-order valence-electron chi connectivity index (χ3n) is 3.16. The van der Waals surface area contributed by atoms with Gasteiger partial charge >= 0.3 is 0 Å². The summed E-state index contributed by atoms with van der Waals surface area (Å²) in [5, 5.41) is 0. The van der Waals surface area contributed by atoms with Gasteiger partial charge in [0.1, 0.15) is 6.29 Å². The smallest absolute Gasteiger partial charge is 0.124 e. The Labute approximate surface area is 90.9 Å². The number of likely N-dealkylation sites (N-methyl/N-ethyl adjacent to an activating group) is 1. The van der Waals surface area contributed by atoms with E-state index >= 15 is 0 Å². The Morgan fingerprint density at radius 1 is 1.53 bits per heavy atom. The summed E-state index contributed by atoms with van der Waals surface area (Å²) in [6, 6.07) is 6.99. The summed E-state index contributed by atoms with van der Waals surface area (Å²) >= 11 is 0. The van der Waals surface area contributed by atoms with Crippen molar-refractivity contribution < 1.29 is 4.79 Å². The molecule has 1 aliphatic heterocycles. The molecule has 15 heavy (non-hydrogen) atoms. The van der Waals surface area contributed by atoms with Crippen LogP contribution in [0, 0.1) is 0 Å². The molecule has 0 amide bonds. The van der Waals surface area contributed by atoms with Gasteiger partial charge in [0.15, 0.2) is 0 Å². The molecule has 0 N–H and O–H groups in total. The average molecular weight is 203 g/mol. The fourth-order valence-electron chi connectivity index (χ4n) is 2.45. The van der Waals surface area contributed by atoms with Crippen molar-refractivity contribution in [2.75, 3.05) is 11.4 Å². The van der Waals surface area contributed by atoms with Crippen LogP contribution in [0.4, 0.5) is 5.69 Å². The molecule has 0 fully saturated rings. The van der Waals surface area contributed by atoms with E-state index in [4.69, 9.17) is 0 Å².